The summed E-state index contributed by atoms with van der Waals surface area (Å²) >= 11 is 0. The third-order valence-corrected chi connectivity index (χ3v) is 4.36. The zero-order chi connectivity index (χ0) is 15.4. The predicted molar refractivity (Wildman–Crippen MR) is 79.7 cm³/mol. The molecule has 6 nitrogen and oxygen atoms in total. The molecule has 2 aliphatic rings. The number of carboxylic acids is 1. The van der Waals surface area contributed by atoms with E-state index in [0.29, 0.717) is 12.0 Å². The van der Waals surface area contributed by atoms with Crippen molar-refractivity contribution in [2.45, 2.75) is 57.2 Å². The molecule has 6 heteroatoms. The Kier molecular flexibility index (Phi) is 5.36. The van der Waals surface area contributed by atoms with E-state index in [1.165, 1.54) is 19.8 Å². The fraction of sp³-hybridized carbons (Fsp3) is 0.733. The Labute approximate surface area is 125 Å². The molecule has 0 radical (unpaired) electrons. The van der Waals surface area contributed by atoms with Crippen LogP contribution >= 0.6 is 0 Å². The van der Waals surface area contributed by atoms with E-state index < -0.39 is 5.97 Å². The number of amides is 1. The molecule has 1 amide bonds. The molecule has 0 aromatic heterocycles. The van der Waals surface area contributed by atoms with Gasteiger partial charge in [-0.1, -0.05) is 18.9 Å². The average molecular weight is 295 g/mol. The summed E-state index contributed by atoms with van der Waals surface area (Å²) in [4.78, 5) is 25.0. The zero-order valence-corrected chi connectivity index (χ0v) is 12.5. The van der Waals surface area contributed by atoms with Crippen LogP contribution < -0.4 is 11.1 Å². The number of likely N-dealkylation sites (tertiary alicyclic amines) is 1. The quantitative estimate of drug-likeness (QED) is 0.704. The van der Waals surface area contributed by atoms with E-state index in [2.05, 4.69) is 10.2 Å². The number of nitrogens with one attached hydrogen (secondary N) is 1. The van der Waals surface area contributed by atoms with Crippen LogP contribution in [0.15, 0.2) is 11.6 Å². The fourth-order valence-electron chi connectivity index (χ4n) is 3.32. The molecule has 0 unspecified atom stereocenters. The van der Waals surface area contributed by atoms with E-state index in [9.17, 15) is 14.7 Å². The second-order valence-electron chi connectivity index (χ2n) is 6.03. The summed E-state index contributed by atoms with van der Waals surface area (Å²) in [6, 6.07) is -0.705. The van der Waals surface area contributed by atoms with Crippen LogP contribution in [0.5, 0.6) is 0 Å². The maximum Gasteiger partial charge on any atom is 0.331 e. The van der Waals surface area contributed by atoms with Gasteiger partial charge in [-0.2, -0.15) is 0 Å². The molecule has 1 fully saturated rings. The number of carbonyl (C=O) groups is 2. The topological polar surface area (TPSA) is 95.7 Å². The summed E-state index contributed by atoms with van der Waals surface area (Å²) < 4.78 is 0. The molecule has 1 aliphatic carbocycles. The number of hydrogen-bond acceptors (Lipinski definition) is 4. The van der Waals surface area contributed by atoms with Crippen LogP contribution in [0.2, 0.25) is 0 Å². The third kappa shape index (κ3) is 4.04. The van der Waals surface area contributed by atoms with E-state index in [4.69, 9.17) is 5.73 Å². The van der Waals surface area contributed by atoms with E-state index in [1.54, 1.807) is 6.08 Å². The maximum absolute atomic E-state index is 11.4. The first-order valence-electron chi connectivity index (χ1n) is 7.69. The molecule has 0 saturated carbocycles. The number of rotatable bonds is 3. The number of nitrogens with zero attached hydrogens (tertiary/aromatic N) is 1. The summed E-state index contributed by atoms with van der Waals surface area (Å²) in [5.74, 6) is -1.03. The lowest BCUT2D eigenvalue weighted by Gasteiger charge is -2.41. The van der Waals surface area contributed by atoms with Gasteiger partial charge in [-0.3, -0.25) is 9.69 Å². The van der Waals surface area contributed by atoms with Crippen LogP contribution in [0.25, 0.3) is 0 Å². The Hall–Kier alpha value is -1.40. The van der Waals surface area contributed by atoms with Crippen LogP contribution in [-0.2, 0) is 9.59 Å². The summed E-state index contributed by atoms with van der Waals surface area (Å²) in [5.41, 5.74) is 6.51. The van der Waals surface area contributed by atoms with Crippen molar-refractivity contribution >= 4 is 11.9 Å². The van der Waals surface area contributed by atoms with Crippen LogP contribution in [0, 0.1) is 0 Å². The normalized spacial score (nSPS) is 31.1. The van der Waals surface area contributed by atoms with E-state index in [1.807, 2.05) is 0 Å². The minimum absolute atomic E-state index is 0.123. The first-order valence-corrected chi connectivity index (χ1v) is 7.69. The van der Waals surface area contributed by atoms with Crippen molar-refractivity contribution in [3.63, 3.8) is 0 Å². The molecular weight excluding hydrogens is 270 g/mol. The SMILES string of the molecule is CC(=O)N[C@H]1[C@H](N2CCCCCC2)C=C(C(=O)O)C[C@@H]1N. The Balaban J connectivity index is 2.25. The molecule has 1 saturated heterocycles. The molecule has 1 heterocycles. The molecular formula is C15H25N3O3. The number of hydrogen-bond donors (Lipinski definition) is 3. The lowest BCUT2D eigenvalue weighted by molar-refractivity contribution is -0.133. The summed E-state index contributed by atoms with van der Waals surface area (Å²) in [5, 5.41) is 12.2. The summed E-state index contributed by atoms with van der Waals surface area (Å²) in [7, 11) is 0. The Bertz CT molecular complexity index is 428. The second-order valence-corrected chi connectivity index (χ2v) is 6.03. The molecule has 0 aromatic carbocycles. The van der Waals surface area contributed by atoms with E-state index in [0.717, 1.165) is 25.9 Å². The van der Waals surface area contributed by atoms with Gasteiger partial charge in [-0.25, -0.2) is 4.79 Å². The smallest absolute Gasteiger partial charge is 0.331 e. The maximum atomic E-state index is 11.4. The molecule has 4 N–H and O–H groups in total. The lowest BCUT2D eigenvalue weighted by atomic mass is 9.86. The van der Waals surface area contributed by atoms with Gasteiger partial charge >= 0.3 is 5.97 Å². The molecule has 0 spiro atoms. The monoisotopic (exact) mass is 295 g/mol. The highest BCUT2D eigenvalue weighted by Crippen LogP contribution is 2.24. The van der Waals surface area contributed by atoms with E-state index in [-0.39, 0.29) is 24.0 Å². The molecule has 0 aromatic rings. The van der Waals surface area contributed by atoms with Crippen molar-refractivity contribution in [1.29, 1.82) is 0 Å². The van der Waals surface area contributed by atoms with Crippen molar-refractivity contribution in [1.82, 2.24) is 10.2 Å². The van der Waals surface area contributed by atoms with Crippen molar-refractivity contribution < 1.29 is 14.7 Å². The Morgan fingerprint density at radius 3 is 2.43 bits per heavy atom. The van der Waals surface area contributed by atoms with Crippen LogP contribution in [0.4, 0.5) is 0 Å². The van der Waals surface area contributed by atoms with Gasteiger partial charge in [0, 0.05) is 18.5 Å². The Morgan fingerprint density at radius 2 is 1.90 bits per heavy atom. The lowest BCUT2D eigenvalue weighted by Crippen LogP contribution is -2.60. The number of carboxylic acid groups (broad SMARTS) is 1. The van der Waals surface area contributed by atoms with Gasteiger partial charge in [0.25, 0.3) is 0 Å². The van der Waals surface area contributed by atoms with Crippen LogP contribution in [0.3, 0.4) is 0 Å². The second kappa shape index (κ2) is 7.04. The van der Waals surface area contributed by atoms with Gasteiger partial charge in [0.1, 0.15) is 0 Å². The first-order chi connectivity index (χ1) is 9.99. The average Bonchev–Trinajstić information content (AvgIpc) is 2.69. The third-order valence-electron chi connectivity index (χ3n) is 4.36. The van der Waals surface area contributed by atoms with Crippen molar-refractivity contribution in [3.8, 4) is 0 Å². The number of carbonyl (C=O) groups excluding carboxylic acids is 1. The molecule has 1 aliphatic heterocycles. The molecule has 21 heavy (non-hydrogen) atoms. The van der Waals surface area contributed by atoms with Gasteiger partial charge in [0.05, 0.1) is 12.1 Å². The molecule has 2 rings (SSSR count). The predicted octanol–water partition coefficient (Wildman–Crippen LogP) is 0.478. The largest absolute Gasteiger partial charge is 0.478 e. The zero-order valence-electron chi connectivity index (χ0n) is 12.5. The highest BCUT2D eigenvalue weighted by molar-refractivity contribution is 5.87. The molecule has 3 atom stereocenters. The first kappa shape index (κ1) is 16.0. The molecule has 0 bridgehead atoms. The van der Waals surface area contributed by atoms with Crippen LogP contribution in [-0.4, -0.2) is 53.1 Å². The van der Waals surface area contributed by atoms with Gasteiger partial charge < -0.3 is 16.2 Å². The fourth-order valence-corrected chi connectivity index (χ4v) is 3.32. The minimum atomic E-state index is -0.911. The number of aliphatic carboxylic acids is 1. The summed E-state index contributed by atoms with van der Waals surface area (Å²) in [6.45, 7) is 3.33. The minimum Gasteiger partial charge on any atom is -0.478 e. The highest BCUT2D eigenvalue weighted by Gasteiger charge is 2.36. The molecule has 118 valence electrons. The van der Waals surface area contributed by atoms with Gasteiger partial charge in [-0.15, -0.1) is 0 Å². The van der Waals surface area contributed by atoms with E-state index >= 15 is 0 Å². The summed E-state index contributed by atoms with van der Waals surface area (Å²) in [6.07, 6.45) is 6.71. The van der Waals surface area contributed by atoms with Crippen molar-refractivity contribution in [3.05, 3.63) is 11.6 Å². The van der Waals surface area contributed by atoms with Gasteiger partial charge in [-0.05, 0) is 32.4 Å². The standard InChI is InChI=1S/C15H25N3O3/c1-10(19)17-14-12(16)8-11(15(20)21)9-13(14)18-6-4-2-3-5-7-18/h9,12-14H,2-8,16H2,1H3,(H,17,19)(H,20,21)/t12-,13+,14+/m0/s1. The highest BCUT2D eigenvalue weighted by atomic mass is 16.4. The van der Waals surface area contributed by atoms with Gasteiger partial charge in [0.2, 0.25) is 5.91 Å². The Morgan fingerprint density at radius 1 is 1.29 bits per heavy atom. The van der Waals surface area contributed by atoms with Gasteiger partial charge in [0.15, 0.2) is 0 Å². The van der Waals surface area contributed by atoms with Crippen LogP contribution in [0.1, 0.15) is 39.0 Å². The van der Waals surface area contributed by atoms with Crippen molar-refractivity contribution in [2.24, 2.45) is 5.73 Å². The number of nitrogens with two attached hydrogens (primary N) is 1. The van der Waals surface area contributed by atoms with Crippen molar-refractivity contribution in [2.75, 3.05) is 13.1 Å².